The molecule has 1 aromatic carbocycles. The second kappa shape index (κ2) is 7.19. The summed E-state index contributed by atoms with van der Waals surface area (Å²) in [5, 5.41) is 19.6. The number of amides is 1. The number of nitrogens with zero attached hydrogens (tertiary/aromatic N) is 6. The van der Waals surface area contributed by atoms with E-state index in [1.165, 1.54) is 23.1 Å². The summed E-state index contributed by atoms with van der Waals surface area (Å²) in [4.78, 5) is 16.6. The molecule has 0 aliphatic carbocycles. The van der Waals surface area contributed by atoms with Gasteiger partial charge in [-0.05, 0) is 40.8 Å². The van der Waals surface area contributed by atoms with Crippen LogP contribution in [0.3, 0.4) is 0 Å². The first-order valence-electron chi connectivity index (χ1n) is 7.32. The topological polar surface area (TPSA) is 97.0 Å². The average molecular weight is 399 g/mol. The number of benzene rings is 1. The van der Waals surface area contributed by atoms with E-state index in [4.69, 9.17) is 11.6 Å². The summed E-state index contributed by atoms with van der Waals surface area (Å²) in [5.74, 6) is 0.329. The lowest BCUT2D eigenvalue weighted by Gasteiger charge is -2.21. The van der Waals surface area contributed by atoms with Crippen LogP contribution >= 0.6 is 11.6 Å². The number of carbonyl (C=O) groups is 1. The lowest BCUT2D eigenvalue weighted by atomic mass is 10.1. The van der Waals surface area contributed by atoms with E-state index in [9.17, 15) is 23.1 Å². The first kappa shape index (κ1) is 18.6. The Kier molecular flexibility index (Phi) is 4.95. The van der Waals surface area contributed by atoms with Crippen molar-refractivity contribution in [1.82, 2.24) is 25.2 Å². The first-order chi connectivity index (χ1) is 12.8. The average Bonchev–Trinajstić information content (AvgIpc) is 3.14. The van der Waals surface area contributed by atoms with Crippen LogP contribution < -0.4 is 4.90 Å². The smallest absolute Gasteiger partial charge is 0.417 e. The van der Waals surface area contributed by atoms with E-state index >= 15 is 0 Å². The molecule has 0 unspecified atom stereocenters. The molecule has 2 heterocycles. The van der Waals surface area contributed by atoms with Crippen molar-refractivity contribution in [2.45, 2.75) is 12.7 Å². The minimum atomic E-state index is -4.71. The Balaban J connectivity index is 1.94. The molecule has 27 heavy (non-hydrogen) atoms. The first-order valence-corrected chi connectivity index (χ1v) is 7.70. The summed E-state index contributed by atoms with van der Waals surface area (Å²) in [7, 11) is 0. The van der Waals surface area contributed by atoms with Crippen molar-refractivity contribution in [3.63, 3.8) is 0 Å². The highest BCUT2D eigenvalue weighted by molar-refractivity contribution is 6.31. The minimum Gasteiger partial charge on any atom is -0.465 e. The van der Waals surface area contributed by atoms with E-state index in [1.807, 2.05) is 0 Å². The Bertz CT molecular complexity index is 964. The molecule has 140 valence electrons. The zero-order valence-corrected chi connectivity index (χ0v) is 14.1. The second-order valence-electron chi connectivity index (χ2n) is 5.27. The van der Waals surface area contributed by atoms with Crippen LogP contribution in [0.1, 0.15) is 11.3 Å². The molecule has 0 saturated heterocycles. The van der Waals surface area contributed by atoms with E-state index in [-0.39, 0.29) is 17.9 Å². The van der Waals surface area contributed by atoms with E-state index in [1.54, 1.807) is 12.1 Å². The predicted octanol–water partition coefficient (Wildman–Crippen LogP) is 3.41. The van der Waals surface area contributed by atoms with Gasteiger partial charge in [-0.1, -0.05) is 17.7 Å². The van der Waals surface area contributed by atoms with Gasteiger partial charge in [0.25, 0.3) is 0 Å². The van der Waals surface area contributed by atoms with Crippen LogP contribution in [0.25, 0.3) is 5.82 Å². The maximum atomic E-state index is 13.0. The van der Waals surface area contributed by atoms with Crippen molar-refractivity contribution in [2.24, 2.45) is 0 Å². The zero-order chi connectivity index (χ0) is 19.6. The lowest BCUT2D eigenvalue weighted by molar-refractivity contribution is -0.137. The molecule has 3 rings (SSSR count). The fourth-order valence-electron chi connectivity index (χ4n) is 2.28. The van der Waals surface area contributed by atoms with E-state index in [2.05, 4.69) is 20.5 Å². The second-order valence-corrected chi connectivity index (χ2v) is 5.68. The van der Waals surface area contributed by atoms with Gasteiger partial charge in [-0.3, -0.25) is 4.90 Å². The fraction of sp³-hybridized carbons (Fsp3) is 0.133. The predicted molar refractivity (Wildman–Crippen MR) is 87.6 cm³/mol. The quantitative estimate of drug-likeness (QED) is 0.723. The van der Waals surface area contributed by atoms with Crippen molar-refractivity contribution in [3.05, 3.63) is 59.0 Å². The molecule has 0 aliphatic heterocycles. The fourth-order valence-corrected chi connectivity index (χ4v) is 2.50. The maximum Gasteiger partial charge on any atom is 0.417 e. The number of aromatic nitrogens is 5. The molecule has 0 aliphatic rings. The molecular weight excluding hydrogens is 389 g/mol. The molecule has 0 radical (unpaired) electrons. The van der Waals surface area contributed by atoms with Gasteiger partial charge in [0.05, 0.1) is 22.8 Å². The molecule has 0 spiro atoms. The largest absolute Gasteiger partial charge is 0.465 e. The van der Waals surface area contributed by atoms with Gasteiger partial charge in [0.1, 0.15) is 6.33 Å². The molecule has 0 bridgehead atoms. The Morgan fingerprint density at radius 3 is 2.67 bits per heavy atom. The summed E-state index contributed by atoms with van der Waals surface area (Å²) in [6.45, 7) is -0.287. The number of rotatable bonds is 4. The Labute approximate surface area is 154 Å². The van der Waals surface area contributed by atoms with Crippen molar-refractivity contribution in [3.8, 4) is 5.82 Å². The SMILES string of the molecule is O=C(O)N(Cc1cccc(-n2cnnn2)n1)c1ccc(Cl)c(C(F)(F)F)c1. The van der Waals surface area contributed by atoms with E-state index in [0.29, 0.717) is 11.9 Å². The molecule has 3 aromatic rings. The normalized spacial score (nSPS) is 11.4. The van der Waals surface area contributed by atoms with Crippen LogP contribution in [-0.4, -0.2) is 36.4 Å². The van der Waals surface area contributed by atoms with Gasteiger partial charge >= 0.3 is 12.3 Å². The highest BCUT2D eigenvalue weighted by atomic mass is 35.5. The molecule has 1 N–H and O–H groups in total. The molecule has 12 heteroatoms. The third kappa shape index (κ3) is 4.14. The van der Waals surface area contributed by atoms with Gasteiger partial charge in [-0.25, -0.2) is 9.78 Å². The number of carboxylic acid groups (broad SMARTS) is 1. The van der Waals surface area contributed by atoms with Crippen molar-refractivity contribution in [1.29, 1.82) is 0 Å². The van der Waals surface area contributed by atoms with Crippen molar-refractivity contribution < 1.29 is 23.1 Å². The molecule has 0 fully saturated rings. The van der Waals surface area contributed by atoms with E-state index in [0.717, 1.165) is 11.0 Å². The lowest BCUT2D eigenvalue weighted by Crippen LogP contribution is -2.29. The van der Waals surface area contributed by atoms with E-state index < -0.39 is 22.9 Å². The van der Waals surface area contributed by atoms with Crippen LogP contribution in [0, 0.1) is 0 Å². The van der Waals surface area contributed by atoms with Gasteiger partial charge in [0.2, 0.25) is 0 Å². The Hall–Kier alpha value is -3.21. The zero-order valence-electron chi connectivity index (χ0n) is 13.3. The number of halogens is 4. The van der Waals surface area contributed by atoms with Crippen molar-refractivity contribution >= 4 is 23.4 Å². The Morgan fingerprint density at radius 1 is 1.26 bits per heavy atom. The van der Waals surface area contributed by atoms with Gasteiger partial charge in [0, 0.05) is 5.69 Å². The summed E-state index contributed by atoms with van der Waals surface area (Å²) in [5.41, 5.74) is -1.02. The highest BCUT2D eigenvalue weighted by Gasteiger charge is 2.34. The standard InChI is InChI=1S/C15H10ClF3N6O2/c16-12-5-4-10(6-11(12)15(17,18)19)24(14(26)27)7-9-2-1-3-13(21-9)25-8-20-22-23-25/h1-6,8H,7H2,(H,26,27). The molecule has 1 amide bonds. The van der Waals surface area contributed by atoms with Crippen LogP contribution in [-0.2, 0) is 12.7 Å². The van der Waals surface area contributed by atoms with Crippen LogP contribution in [0.15, 0.2) is 42.7 Å². The molecule has 0 saturated carbocycles. The van der Waals surface area contributed by atoms with Crippen LogP contribution in [0.5, 0.6) is 0 Å². The van der Waals surface area contributed by atoms with Crippen LogP contribution in [0.4, 0.5) is 23.7 Å². The van der Waals surface area contributed by atoms with Gasteiger partial charge in [-0.15, -0.1) is 5.10 Å². The van der Waals surface area contributed by atoms with Crippen LogP contribution in [0.2, 0.25) is 5.02 Å². The number of anilines is 1. The molecule has 8 nitrogen and oxygen atoms in total. The van der Waals surface area contributed by atoms with Gasteiger partial charge in [-0.2, -0.15) is 17.9 Å². The monoisotopic (exact) mass is 398 g/mol. The summed E-state index contributed by atoms with van der Waals surface area (Å²) < 4.78 is 40.4. The highest BCUT2D eigenvalue weighted by Crippen LogP contribution is 2.37. The number of pyridine rings is 1. The summed E-state index contributed by atoms with van der Waals surface area (Å²) in [6, 6.07) is 7.60. The number of alkyl halides is 3. The van der Waals surface area contributed by atoms with Crippen molar-refractivity contribution in [2.75, 3.05) is 4.90 Å². The Morgan fingerprint density at radius 2 is 2.04 bits per heavy atom. The minimum absolute atomic E-state index is 0.186. The molecule has 2 aromatic heterocycles. The molecular formula is C15H10ClF3N6O2. The molecule has 0 atom stereocenters. The third-order valence-electron chi connectivity index (χ3n) is 3.49. The maximum absolute atomic E-state index is 13.0. The summed E-state index contributed by atoms with van der Waals surface area (Å²) >= 11 is 5.58. The van der Waals surface area contributed by atoms with Gasteiger partial charge in [0.15, 0.2) is 5.82 Å². The third-order valence-corrected chi connectivity index (χ3v) is 3.82. The number of tetrazole rings is 1. The van der Waals surface area contributed by atoms with Gasteiger partial charge < -0.3 is 5.11 Å². The number of hydrogen-bond donors (Lipinski definition) is 1. The summed E-state index contributed by atoms with van der Waals surface area (Å²) in [6.07, 6.45) is -4.86. The number of hydrogen-bond acceptors (Lipinski definition) is 5.